The Morgan fingerprint density at radius 3 is 2.56 bits per heavy atom. The largest absolute Gasteiger partial charge is 0.466 e. The number of benzene rings is 2. The highest BCUT2D eigenvalue weighted by atomic mass is 35.5. The van der Waals surface area contributed by atoms with E-state index in [9.17, 15) is 4.79 Å². The molecular formula is C20H25Cl2N3O2. The molecule has 0 aliphatic rings. The van der Waals surface area contributed by atoms with Crippen molar-refractivity contribution in [1.29, 1.82) is 0 Å². The van der Waals surface area contributed by atoms with Crippen LogP contribution in [-0.2, 0) is 22.4 Å². The summed E-state index contributed by atoms with van der Waals surface area (Å²) < 4.78 is 4.99. The first-order chi connectivity index (χ1) is 12.2. The molecule has 27 heavy (non-hydrogen) atoms. The number of carbonyl (C=O) groups is 1. The van der Waals surface area contributed by atoms with Crippen LogP contribution in [-0.4, -0.2) is 22.5 Å². The molecule has 3 rings (SSSR count). The van der Waals surface area contributed by atoms with Crippen LogP contribution in [0.4, 0.5) is 0 Å². The van der Waals surface area contributed by atoms with Gasteiger partial charge in [-0.25, -0.2) is 4.98 Å². The minimum Gasteiger partial charge on any atom is -0.466 e. The van der Waals surface area contributed by atoms with E-state index in [1.807, 2.05) is 36.4 Å². The number of nitrogens with zero attached hydrogens (tertiary/aromatic N) is 1. The lowest BCUT2D eigenvalue weighted by Gasteiger charge is -2.11. The van der Waals surface area contributed by atoms with Gasteiger partial charge in [-0.3, -0.25) is 4.79 Å². The van der Waals surface area contributed by atoms with Crippen LogP contribution in [0.1, 0.15) is 36.3 Å². The Kier molecular flexibility index (Phi) is 9.29. The zero-order valence-corrected chi connectivity index (χ0v) is 16.8. The molecule has 0 spiro atoms. The Morgan fingerprint density at radius 2 is 1.85 bits per heavy atom. The summed E-state index contributed by atoms with van der Waals surface area (Å²) in [6, 6.07) is 15.7. The van der Waals surface area contributed by atoms with Gasteiger partial charge in [0.1, 0.15) is 5.82 Å². The molecule has 2 aromatic carbocycles. The molecule has 1 heterocycles. The minimum absolute atomic E-state index is 0. The highest BCUT2D eigenvalue weighted by Gasteiger charge is 2.17. The molecule has 0 aliphatic heterocycles. The molecule has 0 amide bonds. The second-order valence-electron chi connectivity index (χ2n) is 6.03. The molecular weight excluding hydrogens is 385 g/mol. The lowest BCUT2D eigenvalue weighted by Crippen LogP contribution is -2.17. The standard InChI is InChI=1S/C20H23N3O2.2ClH/c1-2-25-19(24)13-16(21)15-9-6-10-17-20(15)23-18(22-17)12-11-14-7-4-3-5-8-14;;/h3-10,16H,2,11-13,21H2,1H3,(H,22,23);2*1H. The van der Waals surface area contributed by atoms with Gasteiger partial charge in [0.2, 0.25) is 0 Å². The highest BCUT2D eigenvalue weighted by Crippen LogP contribution is 2.24. The van der Waals surface area contributed by atoms with E-state index in [1.54, 1.807) is 6.92 Å². The van der Waals surface area contributed by atoms with Crippen LogP contribution in [0.15, 0.2) is 48.5 Å². The molecule has 1 unspecified atom stereocenters. The maximum absolute atomic E-state index is 11.7. The van der Waals surface area contributed by atoms with Crippen LogP contribution >= 0.6 is 24.8 Å². The van der Waals surface area contributed by atoms with E-state index in [4.69, 9.17) is 15.5 Å². The molecule has 3 aromatic rings. The molecule has 0 saturated heterocycles. The Bertz CT molecular complexity index is 853. The van der Waals surface area contributed by atoms with Crippen LogP contribution in [0.3, 0.4) is 0 Å². The third kappa shape index (κ3) is 5.96. The zero-order valence-electron chi connectivity index (χ0n) is 15.2. The van der Waals surface area contributed by atoms with Crippen molar-refractivity contribution in [3.63, 3.8) is 0 Å². The molecule has 3 N–H and O–H groups in total. The molecule has 146 valence electrons. The Morgan fingerprint density at radius 1 is 1.11 bits per heavy atom. The first-order valence-corrected chi connectivity index (χ1v) is 8.60. The smallest absolute Gasteiger partial charge is 0.307 e. The van der Waals surface area contributed by atoms with Crippen molar-refractivity contribution in [1.82, 2.24) is 9.97 Å². The van der Waals surface area contributed by atoms with E-state index in [1.165, 1.54) is 5.56 Å². The van der Waals surface area contributed by atoms with Crippen molar-refractivity contribution in [2.45, 2.75) is 32.2 Å². The summed E-state index contributed by atoms with van der Waals surface area (Å²) >= 11 is 0. The number of ether oxygens (including phenoxy) is 1. The van der Waals surface area contributed by atoms with E-state index in [2.05, 4.69) is 17.1 Å². The molecule has 0 bridgehead atoms. The number of nitrogens with two attached hydrogens (primary N) is 1. The quantitative estimate of drug-likeness (QED) is 0.574. The number of para-hydroxylation sites is 1. The van der Waals surface area contributed by atoms with Crippen LogP contribution < -0.4 is 5.73 Å². The number of rotatable bonds is 7. The lowest BCUT2D eigenvalue weighted by atomic mass is 10.0. The number of hydrogen-bond donors (Lipinski definition) is 2. The first-order valence-electron chi connectivity index (χ1n) is 8.60. The van der Waals surface area contributed by atoms with E-state index in [0.29, 0.717) is 6.61 Å². The number of carbonyl (C=O) groups excluding carboxylic acids is 1. The number of aromatic nitrogens is 2. The Balaban J connectivity index is 0.00000182. The third-order valence-electron chi connectivity index (χ3n) is 4.18. The van der Waals surface area contributed by atoms with E-state index >= 15 is 0 Å². The van der Waals surface area contributed by atoms with Gasteiger partial charge in [0.25, 0.3) is 0 Å². The lowest BCUT2D eigenvalue weighted by molar-refractivity contribution is -0.143. The van der Waals surface area contributed by atoms with Crippen LogP contribution in [0.5, 0.6) is 0 Å². The molecule has 1 aromatic heterocycles. The predicted molar refractivity (Wildman–Crippen MR) is 113 cm³/mol. The highest BCUT2D eigenvalue weighted by molar-refractivity contribution is 5.85. The number of H-pyrrole nitrogens is 1. The van der Waals surface area contributed by atoms with Crippen molar-refractivity contribution < 1.29 is 9.53 Å². The summed E-state index contributed by atoms with van der Waals surface area (Å²) in [5, 5.41) is 0. The number of imidazole rings is 1. The van der Waals surface area contributed by atoms with Gasteiger partial charge >= 0.3 is 5.97 Å². The Hall–Kier alpha value is -2.08. The van der Waals surface area contributed by atoms with E-state index in [-0.39, 0.29) is 37.2 Å². The van der Waals surface area contributed by atoms with Gasteiger partial charge in [-0.1, -0.05) is 42.5 Å². The number of fused-ring (bicyclic) bond motifs is 1. The molecule has 0 saturated carbocycles. The summed E-state index contributed by atoms with van der Waals surface area (Å²) in [4.78, 5) is 19.8. The number of esters is 1. The van der Waals surface area contributed by atoms with Crippen molar-refractivity contribution in [2.75, 3.05) is 6.61 Å². The summed E-state index contributed by atoms with van der Waals surface area (Å²) in [5.74, 6) is 0.640. The summed E-state index contributed by atoms with van der Waals surface area (Å²) in [7, 11) is 0. The summed E-state index contributed by atoms with van der Waals surface area (Å²) in [5.41, 5.74) is 10.1. The topological polar surface area (TPSA) is 81.0 Å². The normalized spacial score (nSPS) is 11.3. The van der Waals surface area contributed by atoms with Gasteiger partial charge in [-0.2, -0.15) is 0 Å². The number of aromatic amines is 1. The first kappa shape index (κ1) is 23.0. The van der Waals surface area contributed by atoms with Gasteiger partial charge in [-0.15, -0.1) is 24.8 Å². The van der Waals surface area contributed by atoms with Crippen LogP contribution in [0.2, 0.25) is 0 Å². The van der Waals surface area contributed by atoms with Gasteiger partial charge < -0.3 is 15.5 Å². The summed E-state index contributed by atoms with van der Waals surface area (Å²) in [6.07, 6.45) is 1.90. The second kappa shape index (κ2) is 10.9. The molecule has 0 aliphatic carbocycles. The predicted octanol–water partition coefficient (Wildman–Crippen LogP) is 4.14. The maximum atomic E-state index is 11.7. The van der Waals surface area contributed by atoms with Crippen molar-refractivity contribution in [2.24, 2.45) is 5.73 Å². The molecule has 1 atom stereocenters. The van der Waals surface area contributed by atoms with Gasteiger partial charge in [-0.05, 0) is 30.5 Å². The maximum Gasteiger partial charge on any atom is 0.307 e. The van der Waals surface area contributed by atoms with Crippen molar-refractivity contribution in [3.05, 3.63) is 65.5 Å². The van der Waals surface area contributed by atoms with Crippen LogP contribution in [0.25, 0.3) is 11.0 Å². The van der Waals surface area contributed by atoms with Gasteiger partial charge in [0, 0.05) is 12.5 Å². The van der Waals surface area contributed by atoms with E-state index in [0.717, 1.165) is 35.3 Å². The van der Waals surface area contributed by atoms with Gasteiger partial charge in [0.05, 0.1) is 24.1 Å². The minimum atomic E-state index is -0.423. The Labute approximate surface area is 171 Å². The number of halogens is 2. The fraction of sp³-hybridized carbons (Fsp3) is 0.300. The van der Waals surface area contributed by atoms with Crippen molar-refractivity contribution in [3.8, 4) is 0 Å². The summed E-state index contributed by atoms with van der Waals surface area (Å²) in [6.45, 7) is 2.15. The van der Waals surface area contributed by atoms with Crippen molar-refractivity contribution >= 4 is 41.8 Å². The number of nitrogens with one attached hydrogen (secondary N) is 1. The number of aryl methyl sites for hydroxylation is 2. The molecule has 0 fully saturated rings. The van der Waals surface area contributed by atoms with Crippen LogP contribution in [0, 0.1) is 0 Å². The fourth-order valence-electron chi connectivity index (χ4n) is 2.94. The van der Waals surface area contributed by atoms with Gasteiger partial charge in [0.15, 0.2) is 0 Å². The SMILES string of the molecule is CCOC(=O)CC(N)c1cccc2[nH]c(CCc3ccccc3)nc12.Cl.Cl. The number of hydrogen-bond acceptors (Lipinski definition) is 4. The molecule has 0 radical (unpaired) electrons. The fourth-order valence-corrected chi connectivity index (χ4v) is 2.94. The second-order valence-corrected chi connectivity index (χ2v) is 6.03. The average Bonchev–Trinajstić information content (AvgIpc) is 3.04. The third-order valence-corrected chi connectivity index (χ3v) is 4.18. The average molecular weight is 410 g/mol. The molecule has 5 nitrogen and oxygen atoms in total. The molecule has 7 heteroatoms. The zero-order chi connectivity index (χ0) is 17.6. The van der Waals surface area contributed by atoms with E-state index < -0.39 is 6.04 Å². The monoisotopic (exact) mass is 409 g/mol.